The molecule has 0 unspecified atom stereocenters. The monoisotopic (exact) mass is 430 g/mol. The number of halogens is 2. The number of hydrogen-bond acceptors (Lipinski definition) is 1. The van der Waals surface area contributed by atoms with Gasteiger partial charge < -0.3 is 4.74 Å². The Kier molecular flexibility index (Phi) is 5.19. The molecule has 3 aromatic carbocycles. The van der Waals surface area contributed by atoms with E-state index in [0.717, 1.165) is 25.8 Å². The number of ether oxygens (including phenoxy) is 1. The van der Waals surface area contributed by atoms with Gasteiger partial charge in [0.1, 0.15) is 12.4 Å². The Morgan fingerprint density at radius 2 is 1.74 bits per heavy atom. The van der Waals surface area contributed by atoms with Crippen LogP contribution in [0.5, 0.6) is 5.75 Å². The number of rotatable bonds is 4. The van der Waals surface area contributed by atoms with E-state index in [0.29, 0.717) is 6.61 Å². The summed E-state index contributed by atoms with van der Waals surface area (Å²) in [6.45, 7) is 2.63. The molecule has 23 heavy (non-hydrogen) atoms. The molecule has 1 nitrogen and oxygen atoms in total. The fourth-order valence-electron chi connectivity index (χ4n) is 2.53. The lowest BCUT2D eigenvalue weighted by Crippen LogP contribution is -1.97. The van der Waals surface area contributed by atoms with E-state index in [4.69, 9.17) is 4.74 Å². The number of hydrogen-bond donors (Lipinski definition) is 0. The van der Waals surface area contributed by atoms with Crippen molar-refractivity contribution in [2.45, 2.75) is 6.92 Å². The molecule has 0 atom stereocenters. The third-order valence-electron chi connectivity index (χ3n) is 3.71. The number of fused-ring (bicyclic) bond motifs is 1. The van der Waals surface area contributed by atoms with Crippen LogP contribution in [0.4, 0.5) is 0 Å². The van der Waals surface area contributed by atoms with Crippen molar-refractivity contribution in [2.24, 2.45) is 0 Å². The zero-order chi connectivity index (χ0) is 16.2. The summed E-state index contributed by atoms with van der Waals surface area (Å²) < 4.78 is 8.05. The molecule has 0 amide bonds. The van der Waals surface area contributed by atoms with E-state index in [9.17, 15) is 0 Å². The van der Waals surface area contributed by atoms with Gasteiger partial charge in [-0.2, -0.15) is 0 Å². The summed E-state index contributed by atoms with van der Waals surface area (Å²) in [5.74, 6) is 0.907. The first-order valence-corrected chi connectivity index (χ1v) is 8.96. The van der Waals surface area contributed by atoms with E-state index in [1.54, 1.807) is 0 Å². The molecule has 116 valence electrons. The molecule has 0 aromatic heterocycles. The van der Waals surface area contributed by atoms with Crippen molar-refractivity contribution in [3.05, 3.63) is 80.7 Å². The predicted molar refractivity (Wildman–Crippen MR) is 105 cm³/mol. The molecule has 0 aliphatic heterocycles. The van der Waals surface area contributed by atoms with Crippen LogP contribution in [0.2, 0.25) is 0 Å². The summed E-state index contributed by atoms with van der Waals surface area (Å²) in [5, 5.41) is 2.44. The Labute approximate surface area is 153 Å². The van der Waals surface area contributed by atoms with Crippen molar-refractivity contribution < 1.29 is 4.74 Å². The number of aryl methyl sites for hydroxylation is 1. The minimum Gasteiger partial charge on any atom is -0.488 e. The van der Waals surface area contributed by atoms with Gasteiger partial charge in [-0.15, -0.1) is 0 Å². The second kappa shape index (κ2) is 7.33. The van der Waals surface area contributed by atoms with Crippen LogP contribution in [0, 0.1) is 6.92 Å². The van der Waals surface area contributed by atoms with Gasteiger partial charge >= 0.3 is 0 Å². The van der Waals surface area contributed by atoms with Gasteiger partial charge in [-0.1, -0.05) is 58.4 Å². The predicted octanol–water partition coefficient (Wildman–Crippen LogP) is 6.77. The Balaban J connectivity index is 1.75. The fraction of sp³-hybridized carbons (Fsp3) is 0.100. The highest BCUT2D eigenvalue weighted by Gasteiger charge is 2.09. The van der Waals surface area contributed by atoms with E-state index in [-0.39, 0.29) is 0 Å². The lowest BCUT2D eigenvalue weighted by molar-refractivity contribution is 0.359. The molecule has 3 rings (SSSR count). The summed E-state index contributed by atoms with van der Waals surface area (Å²) in [6, 6.07) is 18.7. The minimum absolute atomic E-state index is 0.536. The molecule has 0 spiro atoms. The van der Waals surface area contributed by atoms with E-state index >= 15 is 0 Å². The summed E-state index contributed by atoms with van der Waals surface area (Å²) in [4.78, 5) is 0. The second-order valence-corrected chi connectivity index (χ2v) is 7.07. The largest absolute Gasteiger partial charge is 0.488 e. The van der Waals surface area contributed by atoms with Crippen molar-refractivity contribution in [3.8, 4) is 5.75 Å². The Bertz CT molecular complexity index is 851. The van der Waals surface area contributed by atoms with E-state index in [2.05, 4.69) is 87.3 Å². The first-order chi connectivity index (χ1) is 11.1. The van der Waals surface area contributed by atoms with E-state index in [1.165, 1.54) is 10.8 Å². The smallest absolute Gasteiger partial charge is 0.137 e. The van der Waals surface area contributed by atoms with Gasteiger partial charge in [0.05, 0.1) is 4.47 Å². The molecule has 0 saturated heterocycles. The van der Waals surface area contributed by atoms with E-state index < -0.39 is 0 Å². The molecule has 0 radical (unpaired) electrons. The molecular formula is C20H16Br2O. The second-order valence-electron chi connectivity index (χ2n) is 5.30. The Hall–Kier alpha value is -1.58. The van der Waals surface area contributed by atoms with Crippen LogP contribution in [-0.4, -0.2) is 6.61 Å². The van der Waals surface area contributed by atoms with Crippen LogP contribution in [-0.2, 0) is 0 Å². The van der Waals surface area contributed by atoms with Gasteiger partial charge in [-0.25, -0.2) is 0 Å². The van der Waals surface area contributed by atoms with Crippen LogP contribution in [0.3, 0.4) is 0 Å². The first-order valence-electron chi connectivity index (χ1n) is 7.38. The highest BCUT2D eigenvalue weighted by Crippen LogP contribution is 2.35. The lowest BCUT2D eigenvalue weighted by atomic mass is 10.0. The van der Waals surface area contributed by atoms with Crippen molar-refractivity contribution in [3.63, 3.8) is 0 Å². The topological polar surface area (TPSA) is 9.23 Å². The molecule has 3 aromatic rings. The normalized spacial score (nSPS) is 11.3. The highest BCUT2D eigenvalue weighted by atomic mass is 79.9. The van der Waals surface area contributed by atoms with Crippen LogP contribution >= 0.6 is 31.9 Å². The maximum absolute atomic E-state index is 5.98. The average molecular weight is 432 g/mol. The molecule has 0 aliphatic carbocycles. The van der Waals surface area contributed by atoms with Gasteiger partial charge in [0, 0.05) is 10.0 Å². The summed E-state index contributed by atoms with van der Waals surface area (Å²) in [5.41, 5.74) is 2.32. The van der Waals surface area contributed by atoms with Gasteiger partial charge in [-0.05, 0) is 63.5 Å². The lowest BCUT2D eigenvalue weighted by Gasteiger charge is -2.12. The molecule has 3 heteroatoms. The van der Waals surface area contributed by atoms with Gasteiger partial charge in [-0.3, -0.25) is 0 Å². The van der Waals surface area contributed by atoms with E-state index in [1.807, 2.05) is 18.2 Å². The van der Waals surface area contributed by atoms with Crippen LogP contribution in [0.15, 0.2) is 69.6 Å². The summed E-state index contributed by atoms with van der Waals surface area (Å²) in [6.07, 6.45) is 4.10. The minimum atomic E-state index is 0.536. The molecular weight excluding hydrogens is 416 g/mol. The molecule has 0 N–H and O–H groups in total. The molecule has 0 aliphatic rings. The molecule has 0 saturated carbocycles. The molecule has 0 heterocycles. The maximum atomic E-state index is 5.98. The van der Waals surface area contributed by atoms with Crippen LogP contribution in [0.1, 0.15) is 11.1 Å². The van der Waals surface area contributed by atoms with Gasteiger partial charge in [0.2, 0.25) is 0 Å². The first kappa shape index (κ1) is 16.3. The summed E-state index contributed by atoms with van der Waals surface area (Å²) >= 11 is 7.06. The molecule has 0 bridgehead atoms. The third-order valence-corrected chi connectivity index (χ3v) is 4.83. The Morgan fingerprint density at radius 3 is 2.52 bits per heavy atom. The van der Waals surface area contributed by atoms with Crippen LogP contribution < -0.4 is 4.74 Å². The zero-order valence-corrected chi connectivity index (χ0v) is 15.9. The zero-order valence-electron chi connectivity index (χ0n) is 12.7. The van der Waals surface area contributed by atoms with Crippen molar-refractivity contribution in [1.29, 1.82) is 0 Å². The fourth-order valence-corrected chi connectivity index (χ4v) is 3.46. The average Bonchev–Trinajstić information content (AvgIpc) is 2.55. The van der Waals surface area contributed by atoms with Gasteiger partial charge in [0.15, 0.2) is 0 Å². The third kappa shape index (κ3) is 3.85. The molecule has 0 fully saturated rings. The van der Waals surface area contributed by atoms with Crippen molar-refractivity contribution >= 4 is 48.7 Å². The SMILES string of the molecule is Cc1c(OC/C=C/c2ccc(Br)cc2)c(Br)cc2ccccc12. The van der Waals surface area contributed by atoms with Crippen LogP contribution in [0.25, 0.3) is 16.8 Å². The quantitative estimate of drug-likeness (QED) is 0.443. The Morgan fingerprint density at radius 1 is 1.00 bits per heavy atom. The maximum Gasteiger partial charge on any atom is 0.137 e. The highest BCUT2D eigenvalue weighted by molar-refractivity contribution is 9.10. The number of benzene rings is 3. The van der Waals surface area contributed by atoms with Gasteiger partial charge in [0.25, 0.3) is 0 Å². The van der Waals surface area contributed by atoms with Crippen molar-refractivity contribution in [2.75, 3.05) is 6.61 Å². The van der Waals surface area contributed by atoms with Crippen molar-refractivity contribution in [1.82, 2.24) is 0 Å². The standard InChI is InChI=1S/C20H16Br2O/c1-14-18-7-3-2-6-16(18)13-19(22)20(14)23-12-4-5-15-8-10-17(21)11-9-15/h2-11,13H,12H2,1H3/b5-4+. The summed E-state index contributed by atoms with van der Waals surface area (Å²) in [7, 11) is 0.